The summed E-state index contributed by atoms with van der Waals surface area (Å²) in [6, 6.07) is 3.01. The molecule has 0 saturated carbocycles. The Morgan fingerprint density at radius 3 is 2.69 bits per heavy atom. The van der Waals surface area contributed by atoms with Crippen LogP contribution in [0.3, 0.4) is 0 Å². The van der Waals surface area contributed by atoms with E-state index >= 15 is 0 Å². The van der Waals surface area contributed by atoms with Crippen molar-refractivity contribution in [1.82, 2.24) is 10.6 Å². The van der Waals surface area contributed by atoms with Crippen LogP contribution in [0.25, 0.3) is 0 Å². The van der Waals surface area contributed by atoms with Gasteiger partial charge < -0.3 is 15.4 Å². The van der Waals surface area contributed by atoms with Crippen LogP contribution < -0.4 is 15.4 Å². The average Bonchev–Trinajstić information content (AvgIpc) is 2.25. The van der Waals surface area contributed by atoms with E-state index in [0.29, 0.717) is 22.3 Å². The molecule has 1 rings (SSSR count). The zero-order chi connectivity index (χ0) is 12.1. The fourth-order valence-electron chi connectivity index (χ4n) is 1.24. The second-order valence-electron chi connectivity index (χ2n) is 3.01. The van der Waals surface area contributed by atoms with Crippen molar-refractivity contribution >= 4 is 29.2 Å². The molecule has 1 aromatic rings. The van der Waals surface area contributed by atoms with Gasteiger partial charge in [0.2, 0.25) is 0 Å². The lowest BCUT2D eigenvalue weighted by Gasteiger charge is -2.11. The maximum Gasteiger partial charge on any atom is 0.314 e. The highest BCUT2D eigenvalue weighted by molar-refractivity contribution is 6.35. The fourth-order valence-corrected chi connectivity index (χ4v) is 1.85. The van der Waals surface area contributed by atoms with E-state index in [9.17, 15) is 4.79 Å². The molecule has 0 atom stereocenters. The predicted molar refractivity (Wildman–Crippen MR) is 64.3 cm³/mol. The van der Waals surface area contributed by atoms with Gasteiger partial charge in [0, 0.05) is 24.2 Å². The first-order chi connectivity index (χ1) is 7.58. The lowest BCUT2D eigenvalue weighted by Crippen LogP contribution is -2.32. The number of rotatable bonds is 3. The van der Waals surface area contributed by atoms with Crippen molar-refractivity contribution in [2.45, 2.75) is 6.54 Å². The van der Waals surface area contributed by atoms with Crippen molar-refractivity contribution in [1.29, 1.82) is 0 Å². The molecule has 0 spiro atoms. The molecule has 4 nitrogen and oxygen atoms in total. The summed E-state index contributed by atoms with van der Waals surface area (Å²) in [4.78, 5) is 11.0. The smallest absolute Gasteiger partial charge is 0.314 e. The Balaban J connectivity index is 2.89. The summed E-state index contributed by atoms with van der Waals surface area (Å²) in [6.07, 6.45) is 0. The molecule has 0 aliphatic carbocycles. The third kappa shape index (κ3) is 3.18. The molecule has 0 aliphatic rings. The number of halogens is 2. The highest BCUT2D eigenvalue weighted by Gasteiger charge is 2.10. The molecule has 0 saturated heterocycles. The van der Waals surface area contributed by atoms with E-state index in [2.05, 4.69) is 10.6 Å². The molecule has 0 heterocycles. The first-order valence-corrected chi connectivity index (χ1v) is 5.31. The Labute approximate surface area is 104 Å². The predicted octanol–water partition coefficient (Wildman–Crippen LogP) is 2.43. The number of amides is 2. The number of hydrogen-bond acceptors (Lipinski definition) is 2. The molecule has 6 heteroatoms. The van der Waals surface area contributed by atoms with Crippen LogP contribution in [0.15, 0.2) is 12.1 Å². The van der Waals surface area contributed by atoms with Gasteiger partial charge in [-0.1, -0.05) is 23.2 Å². The fraction of sp³-hybridized carbons (Fsp3) is 0.300. The third-order valence-electron chi connectivity index (χ3n) is 1.96. The van der Waals surface area contributed by atoms with E-state index in [-0.39, 0.29) is 6.03 Å². The van der Waals surface area contributed by atoms with Crippen LogP contribution in [0.4, 0.5) is 4.79 Å². The van der Waals surface area contributed by atoms with Crippen molar-refractivity contribution < 1.29 is 9.53 Å². The minimum atomic E-state index is -0.279. The largest absolute Gasteiger partial charge is 0.495 e. The molecule has 0 unspecified atom stereocenters. The summed E-state index contributed by atoms with van der Waals surface area (Å²) in [5, 5.41) is 6.00. The number of benzene rings is 1. The molecule has 0 fully saturated rings. The number of carbonyl (C=O) groups is 1. The number of carbonyl (C=O) groups excluding carboxylic acids is 1. The summed E-state index contributed by atoms with van der Waals surface area (Å²) in [6.45, 7) is 0.295. The van der Waals surface area contributed by atoms with Gasteiger partial charge in [0.1, 0.15) is 5.75 Å². The van der Waals surface area contributed by atoms with Crippen LogP contribution in [-0.4, -0.2) is 20.2 Å². The van der Waals surface area contributed by atoms with Crippen molar-refractivity contribution in [3.63, 3.8) is 0 Å². The maximum absolute atomic E-state index is 11.0. The maximum atomic E-state index is 11.0. The van der Waals surface area contributed by atoms with E-state index in [1.54, 1.807) is 12.1 Å². The van der Waals surface area contributed by atoms with Crippen LogP contribution in [0.1, 0.15) is 5.56 Å². The van der Waals surface area contributed by atoms with Crippen LogP contribution in [-0.2, 0) is 6.54 Å². The van der Waals surface area contributed by atoms with Crippen molar-refractivity contribution in [2.75, 3.05) is 14.2 Å². The monoisotopic (exact) mass is 262 g/mol. The molecule has 0 aromatic heterocycles. The molecule has 0 radical (unpaired) electrons. The van der Waals surface area contributed by atoms with Gasteiger partial charge in [-0.2, -0.15) is 0 Å². The molecule has 1 aromatic carbocycles. The second-order valence-corrected chi connectivity index (χ2v) is 3.86. The number of methoxy groups -OCH3 is 1. The van der Waals surface area contributed by atoms with Crippen LogP contribution >= 0.6 is 23.2 Å². The van der Waals surface area contributed by atoms with E-state index in [1.165, 1.54) is 14.2 Å². The highest BCUT2D eigenvalue weighted by Crippen LogP contribution is 2.31. The van der Waals surface area contributed by atoms with Crippen LogP contribution in [0.5, 0.6) is 5.75 Å². The van der Waals surface area contributed by atoms with Gasteiger partial charge in [-0.3, -0.25) is 0 Å². The molecule has 16 heavy (non-hydrogen) atoms. The standard InChI is InChI=1S/C10H12Cl2N2O2/c1-13-10(15)14-5-6-3-7(11)4-8(12)9(6)16-2/h3-4H,5H2,1-2H3,(H2,13,14,15). The number of nitrogens with one attached hydrogen (secondary N) is 2. The molecule has 2 amide bonds. The van der Waals surface area contributed by atoms with Crippen molar-refractivity contribution in [2.24, 2.45) is 0 Å². The lowest BCUT2D eigenvalue weighted by atomic mass is 10.2. The Morgan fingerprint density at radius 1 is 1.44 bits per heavy atom. The SMILES string of the molecule is CNC(=O)NCc1cc(Cl)cc(Cl)c1OC. The van der Waals surface area contributed by atoms with Gasteiger partial charge in [0.15, 0.2) is 0 Å². The van der Waals surface area contributed by atoms with Gasteiger partial charge in [-0.25, -0.2) is 4.79 Å². The normalized spacial score (nSPS) is 9.75. The number of ether oxygens (including phenoxy) is 1. The van der Waals surface area contributed by atoms with Gasteiger partial charge in [0.25, 0.3) is 0 Å². The summed E-state index contributed by atoms with van der Waals surface area (Å²) in [5.41, 5.74) is 0.726. The first kappa shape index (κ1) is 12.9. The topological polar surface area (TPSA) is 50.4 Å². The Kier molecular flexibility index (Phi) is 4.71. The van der Waals surface area contributed by atoms with E-state index in [4.69, 9.17) is 27.9 Å². The van der Waals surface area contributed by atoms with Gasteiger partial charge >= 0.3 is 6.03 Å². The quantitative estimate of drug-likeness (QED) is 0.879. The summed E-state index contributed by atoms with van der Waals surface area (Å²) >= 11 is 11.8. The number of urea groups is 1. The van der Waals surface area contributed by atoms with Crippen molar-refractivity contribution in [3.05, 3.63) is 27.7 Å². The Morgan fingerprint density at radius 2 is 2.12 bits per heavy atom. The minimum absolute atomic E-state index is 0.279. The van der Waals surface area contributed by atoms with Crippen LogP contribution in [0, 0.1) is 0 Å². The second kappa shape index (κ2) is 5.82. The third-order valence-corrected chi connectivity index (χ3v) is 2.45. The average molecular weight is 263 g/mol. The summed E-state index contributed by atoms with van der Waals surface area (Å²) in [5.74, 6) is 0.516. The van der Waals surface area contributed by atoms with Gasteiger partial charge in [-0.05, 0) is 12.1 Å². The minimum Gasteiger partial charge on any atom is -0.495 e. The summed E-state index contributed by atoms with van der Waals surface area (Å²) < 4.78 is 5.13. The molecular weight excluding hydrogens is 251 g/mol. The summed E-state index contributed by atoms with van der Waals surface area (Å²) in [7, 11) is 3.05. The zero-order valence-electron chi connectivity index (χ0n) is 8.93. The van der Waals surface area contributed by atoms with Crippen molar-refractivity contribution in [3.8, 4) is 5.75 Å². The molecule has 0 bridgehead atoms. The Bertz CT molecular complexity index is 397. The van der Waals surface area contributed by atoms with Crippen LogP contribution in [0.2, 0.25) is 10.0 Å². The van der Waals surface area contributed by atoms with E-state index in [0.717, 1.165) is 5.56 Å². The van der Waals surface area contributed by atoms with Gasteiger partial charge in [0.05, 0.1) is 12.1 Å². The van der Waals surface area contributed by atoms with E-state index < -0.39 is 0 Å². The molecule has 88 valence electrons. The molecule has 0 aliphatic heterocycles. The highest BCUT2D eigenvalue weighted by atomic mass is 35.5. The lowest BCUT2D eigenvalue weighted by molar-refractivity contribution is 0.242. The first-order valence-electron chi connectivity index (χ1n) is 4.56. The molecular formula is C10H12Cl2N2O2. The molecule has 2 N–H and O–H groups in total. The number of hydrogen-bond donors (Lipinski definition) is 2. The zero-order valence-corrected chi connectivity index (χ0v) is 10.4. The van der Waals surface area contributed by atoms with Gasteiger partial charge in [-0.15, -0.1) is 0 Å². The Hall–Kier alpha value is -1.13. The van der Waals surface area contributed by atoms with E-state index in [1.807, 2.05) is 0 Å².